The monoisotopic (exact) mass is 339 g/mol. The van der Waals surface area contributed by atoms with Gasteiger partial charge in [0.1, 0.15) is 0 Å². The van der Waals surface area contributed by atoms with Crippen LogP contribution >= 0.6 is 7.29 Å². The summed E-state index contributed by atoms with van der Waals surface area (Å²) in [5, 5.41) is 5.23. The van der Waals surface area contributed by atoms with Gasteiger partial charge in [-0.05, 0) is 48.9 Å². The molecule has 2 nitrogen and oxygen atoms in total. The van der Waals surface area contributed by atoms with Gasteiger partial charge < -0.3 is 0 Å². The molecular weight excluding hydrogens is 313 g/mol. The molecule has 0 saturated carbocycles. The summed E-state index contributed by atoms with van der Waals surface area (Å²) in [6.07, 6.45) is 6.69. The molecule has 0 saturated heterocycles. The molecule has 2 aromatic carbocycles. The van der Waals surface area contributed by atoms with Crippen molar-refractivity contribution in [2.75, 3.05) is 0 Å². The van der Waals surface area contributed by atoms with Crippen LogP contribution in [-0.4, -0.2) is 6.04 Å². The Hall–Kier alpha value is -1.63. The van der Waals surface area contributed by atoms with Crippen LogP contribution in [0.2, 0.25) is 0 Å². The first-order valence-electron chi connectivity index (χ1n) is 8.77. The first-order valence-corrected chi connectivity index (χ1v) is 10.5. The van der Waals surface area contributed by atoms with Gasteiger partial charge in [-0.25, -0.2) is 0 Å². The van der Waals surface area contributed by atoms with Crippen LogP contribution < -0.4 is 15.7 Å². The maximum atomic E-state index is 14.0. The van der Waals surface area contributed by atoms with E-state index in [1.165, 1.54) is 0 Å². The summed E-state index contributed by atoms with van der Waals surface area (Å²) in [5.41, 5.74) is 0. The molecule has 2 aromatic rings. The predicted molar refractivity (Wildman–Crippen MR) is 103 cm³/mol. The van der Waals surface area contributed by atoms with Crippen LogP contribution in [0.1, 0.15) is 26.7 Å². The molecule has 1 N–H and O–H groups in total. The Morgan fingerprint density at radius 3 is 1.83 bits per heavy atom. The summed E-state index contributed by atoms with van der Waals surface area (Å²) in [6.45, 7) is 4.53. The van der Waals surface area contributed by atoms with Crippen molar-refractivity contribution in [3.63, 3.8) is 0 Å². The molecule has 0 amide bonds. The van der Waals surface area contributed by atoms with Crippen LogP contribution in [0.15, 0.2) is 72.8 Å². The zero-order chi connectivity index (χ0) is 17.0. The largest absolute Gasteiger partial charge is 0.297 e. The number of hydrogen-bond donors (Lipinski definition) is 1. The van der Waals surface area contributed by atoms with E-state index in [9.17, 15) is 4.57 Å². The van der Waals surface area contributed by atoms with Crippen molar-refractivity contribution in [2.24, 2.45) is 11.8 Å². The lowest BCUT2D eigenvalue weighted by molar-refractivity contribution is 0.393. The first-order chi connectivity index (χ1) is 11.6. The van der Waals surface area contributed by atoms with Gasteiger partial charge in [0.15, 0.2) is 0 Å². The van der Waals surface area contributed by atoms with Gasteiger partial charge in [0, 0.05) is 16.7 Å². The molecule has 0 spiro atoms. The number of hydrogen-bond acceptors (Lipinski definition) is 1. The molecule has 0 bridgehead atoms. The average Bonchev–Trinajstić information content (AvgIpc) is 2.63. The van der Waals surface area contributed by atoms with Gasteiger partial charge in [0.2, 0.25) is 7.29 Å². The van der Waals surface area contributed by atoms with Crippen LogP contribution in [0.4, 0.5) is 0 Å². The standard InChI is InChI=1S/C21H26NOP/c1-17(2)18-13-15-19(16-14-18)22-24(23,20-9-5-3-6-10-20)21-11-7-4-8-12-21/h3-13,15,17-19H,14,16H2,1-2H3,(H,22,23)/t18-,19-/m1/s1. The van der Waals surface area contributed by atoms with E-state index < -0.39 is 7.29 Å². The normalized spacial score (nSPS) is 21.1. The molecule has 0 aromatic heterocycles. The van der Waals surface area contributed by atoms with E-state index in [1.807, 2.05) is 60.7 Å². The Morgan fingerprint density at radius 1 is 0.875 bits per heavy atom. The second kappa shape index (κ2) is 7.51. The van der Waals surface area contributed by atoms with E-state index in [0.29, 0.717) is 11.8 Å². The highest BCUT2D eigenvalue weighted by molar-refractivity contribution is 7.76. The summed E-state index contributed by atoms with van der Waals surface area (Å²) >= 11 is 0. The number of allylic oxidation sites excluding steroid dienone is 1. The molecule has 2 atom stereocenters. The SMILES string of the molecule is CC(C)[C@@H]1C=C[C@@H](NP(=O)(c2ccccc2)c2ccccc2)CC1. The van der Waals surface area contributed by atoms with Gasteiger partial charge in [-0.2, -0.15) is 0 Å². The van der Waals surface area contributed by atoms with Crippen molar-refractivity contribution in [3.8, 4) is 0 Å². The van der Waals surface area contributed by atoms with E-state index in [4.69, 9.17) is 0 Å². The van der Waals surface area contributed by atoms with Gasteiger partial charge >= 0.3 is 0 Å². The summed E-state index contributed by atoms with van der Waals surface area (Å²) in [7, 11) is -2.84. The molecule has 0 radical (unpaired) electrons. The third-order valence-electron chi connectivity index (χ3n) is 4.85. The molecule has 0 heterocycles. The van der Waals surface area contributed by atoms with Crippen molar-refractivity contribution in [2.45, 2.75) is 32.7 Å². The minimum absolute atomic E-state index is 0.159. The van der Waals surface area contributed by atoms with Gasteiger partial charge in [0.05, 0.1) is 0 Å². The van der Waals surface area contributed by atoms with E-state index >= 15 is 0 Å². The second-order valence-corrected chi connectivity index (χ2v) is 9.40. The average molecular weight is 339 g/mol. The molecule has 1 aliphatic carbocycles. The third kappa shape index (κ3) is 3.71. The predicted octanol–water partition coefficient (Wildman–Crippen LogP) is 4.50. The number of nitrogens with one attached hydrogen (secondary N) is 1. The van der Waals surface area contributed by atoms with Crippen molar-refractivity contribution >= 4 is 17.9 Å². The Morgan fingerprint density at radius 2 is 1.42 bits per heavy atom. The number of benzene rings is 2. The second-order valence-electron chi connectivity index (χ2n) is 6.89. The van der Waals surface area contributed by atoms with Crippen LogP contribution in [0.5, 0.6) is 0 Å². The van der Waals surface area contributed by atoms with Crippen molar-refractivity contribution < 1.29 is 4.57 Å². The minimum atomic E-state index is -2.84. The molecule has 0 fully saturated rings. The van der Waals surface area contributed by atoms with E-state index in [1.54, 1.807) is 0 Å². The number of rotatable bonds is 5. The van der Waals surface area contributed by atoms with Gasteiger partial charge in [-0.3, -0.25) is 9.65 Å². The lowest BCUT2D eigenvalue weighted by atomic mass is 9.85. The third-order valence-corrected chi connectivity index (χ3v) is 7.59. The van der Waals surface area contributed by atoms with Gasteiger partial charge in [-0.15, -0.1) is 0 Å². The van der Waals surface area contributed by atoms with Crippen molar-refractivity contribution in [1.29, 1.82) is 0 Å². The Kier molecular flexibility index (Phi) is 5.38. The fourth-order valence-electron chi connectivity index (χ4n) is 3.31. The smallest absolute Gasteiger partial charge is 0.205 e. The zero-order valence-electron chi connectivity index (χ0n) is 14.4. The topological polar surface area (TPSA) is 29.1 Å². The fraction of sp³-hybridized carbons (Fsp3) is 0.333. The molecular formula is C21H26NOP. The zero-order valence-corrected chi connectivity index (χ0v) is 15.3. The van der Waals surface area contributed by atoms with E-state index in [0.717, 1.165) is 23.5 Å². The quantitative estimate of drug-likeness (QED) is 0.642. The van der Waals surface area contributed by atoms with E-state index in [-0.39, 0.29) is 6.04 Å². The van der Waals surface area contributed by atoms with Gasteiger partial charge in [0.25, 0.3) is 0 Å². The van der Waals surface area contributed by atoms with Crippen LogP contribution in [0.3, 0.4) is 0 Å². The van der Waals surface area contributed by atoms with Crippen LogP contribution in [-0.2, 0) is 4.57 Å². The maximum absolute atomic E-state index is 14.0. The molecule has 3 rings (SSSR count). The molecule has 24 heavy (non-hydrogen) atoms. The molecule has 0 unspecified atom stereocenters. The van der Waals surface area contributed by atoms with Crippen molar-refractivity contribution in [3.05, 3.63) is 72.8 Å². The minimum Gasteiger partial charge on any atom is -0.297 e. The summed E-state index contributed by atoms with van der Waals surface area (Å²) < 4.78 is 14.0. The lowest BCUT2D eigenvalue weighted by Crippen LogP contribution is -2.35. The fourth-order valence-corrected chi connectivity index (χ4v) is 5.77. The van der Waals surface area contributed by atoms with Crippen LogP contribution in [0.25, 0.3) is 0 Å². The highest BCUT2D eigenvalue weighted by Crippen LogP contribution is 2.40. The highest BCUT2D eigenvalue weighted by atomic mass is 31.2. The maximum Gasteiger partial charge on any atom is 0.205 e. The Labute approximate surface area is 145 Å². The molecule has 3 heteroatoms. The molecule has 1 aliphatic rings. The van der Waals surface area contributed by atoms with E-state index in [2.05, 4.69) is 31.1 Å². The first kappa shape index (κ1) is 17.2. The lowest BCUT2D eigenvalue weighted by Gasteiger charge is -2.30. The summed E-state index contributed by atoms with van der Waals surface area (Å²) in [6, 6.07) is 19.8. The Bertz CT molecular complexity index is 681. The van der Waals surface area contributed by atoms with Gasteiger partial charge in [-0.1, -0.05) is 62.4 Å². The molecule has 0 aliphatic heterocycles. The highest BCUT2D eigenvalue weighted by Gasteiger charge is 2.30. The Balaban J connectivity index is 1.90. The van der Waals surface area contributed by atoms with Crippen LogP contribution in [0, 0.1) is 11.8 Å². The van der Waals surface area contributed by atoms with Crippen molar-refractivity contribution in [1.82, 2.24) is 5.09 Å². The molecule has 126 valence electrons. The summed E-state index contributed by atoms with van der Waals surface area (Å²) in [5.74, 6) is 1.30. The summed E-state index contributed by atoms with van der Waals surface area (Å²) in [4.78, 5) is 0.